The van der Waals surface area contributed by atoms with Gasteiger partial charge in [0.05, 0.1) is 18.3 Å². The molecule has 7 rings (SSSR count). The molecule has 1 aliphatic carbocycles. The molecule has 4 heterocycles. The summed E-state index contributed by atoms with van der Waals surface area (Å²) in [6.07, 6.45) is 3.84. The van der Waals surface area contributed by atoms with E-state index in [2.05, 4.69) is 20.5 Å². The van der Waals surface area contributed by atoms with E-state index in [1.165, 1.54) is 0 Å². The van der Waals surface area contributed by atoms with Crippen LogP contribution in [-0.2, 0) is 17.9 Å². The molecule has 2 N–H and O–H groups in total. The van der Waals surface area contributed by atoms with Crippen LogP contribution < -0.4 is 24.8 Å². The predicted octanol–water partition coefficient (Wildman–Crippen LogP) is 2.94. The maximum Gasteiger partial charge on any atom is 0.258 e. The lowest BCUT2D eigenvalue weighted by Gasteiger charge is -2.22. The Bertz CT molecular complexity index is 1310. The highest BCUT2D eigenvalue weighted by molar-refractivity contribution is 5.95. The minimum Gasteiger partial charge on any atom is -0.493 e. The largest absolute Gasteiger partial charge is 0.493 e. The highest BCUT2D eigenvalue weighted by Crippen LogP contribution is 2.31. The van der Waals surface area contributed by atoms with Crippen molar-refractivity contribution in [2.45, 2.75) is 38.1 Å². The fourth-order valence-electron chi connectivity index (χ4n) is 4.84. The Labute approximate surface area is 227 Å². The topological polar surface area (TPSA) is 102 Å². The van der Waals surface area contributed by atoms with Crippen LogP contribution in [0.25, 0.3) is 0 Å². The Morgan fingerprint density at radius 1 is 1.00 bits per heavy atom. The van der Waals surface area contributed by atoms with Gasteiger partial charge in [0.25, 0.3) is 11.8 Å². The summed E-state index contributed by atoms with van der Waals surface area (Å²) in [5, 5.41) is 6.06. The number of rotatable bonds is 5. The minimum absolute atomic E-state index is 0.165. The molecule has 202 valence electrons. The first-order valence-electron chi connectivity index (χ1n) is 13.4. The number of carbonyl (C=O) groups is 2. The van der Waals surface area contributed by atoms with Gasteiger partial charge in [-0.15, -0.1) is 0 Å². The van der Waals surface area contributed by atoms with Crippen LogP contribution in [0.5, 0.6) is 17.2 Å². The first-order chi connectivity index (χ1) is 19.1. The van der Waals surface area contributed by atoms with Crippen LogP contribution in [0.15, 0.2) is 66.9 Å². The van der Waals surface area contributed by atoms with E-state index in [4.69, 9.17) is 14.2 Å². The number of pyridine rings is 1. The van der Waals surface area contributed by atoms with Crippen molar-refractivity contribution in [2.24, 2.45) is 5.92 Å². The Kier molecular flexibility index (Phi) is 7.31. The normalized spacial score (nSPS) is 21.6. The van der Waals surface area contributed by atoms with Crippen molar-refractivity contribution in [3.63, 3.8) is 0 Å². The third-order valence-electron chi connectivity index (χ3n) is 7.17. The summed E-state index contributed by atoms with van der Waals surface area (Å²) in [4.78, 5) is 32.7. The number of hydrogen-bond acceptors (Lipinski definition) is 7. The Hall–Kier alpha value is -4.11. The lowest BCUT2D eigenvalue weighted by atomic mass is 10.1. The van der Waals surface area contributed by atoms with E-state index >= 15 is 0 Å². The number of hydrogen-bond donors (Lipinski definition) is 2. The van der Waals surface area contributed by atoms with E-state index < -0.39 is 0 Å². The predicted molar refractivity (Wildman–Crippen MR) is 144 cm³/mol. The highest BCUT2D eigenvalue weighted by Gasteiger charge is 2.36. The Morgan fingerprint density at radius 2 is 1.87 bits per heavy atom. The average Bonchev–Trinajstić information content (AvgIpc) is 3.72. The number of likely N-dealkylation sites (tertiary alicyclic amines) is 1. The molecule has 0 radical (unpaired) electrons. The van der Waals surface area contributed by atoms with Gasteiger partial charge in [-0.25, -0.2) is 0 Å². The standard InChI is InChI=1S/C30H32N4O5/c35-29-19-38-26-12-22(11-25(13-26)37-18-21-4-5-21)30(36)33-27-16-34(15-23-3-1-2-10-31-23)17-28(27)39-24-8-6-20(7-9-24)14-32-29/h1-3,6-13,21,27-28H,4-5,14-19H2,(H,32,35)(H,33,36)/t27-,28-/m0/s1. The van der Waals surface area contributed by atoms with Crippen LogP contribution in [0.4, 0.5) is 0 Å². The zero-order valence-electron chi connectivity index (χ0n) is 21.7. The number of benzene rings is 2. The van der Waals surface area contributed by atoms with Crippen LogP contribution in [0, 0.1) is 5.92 Å². The molecule has 1 saturated carbocycles. The van der Waals surface area contributed by atoms with Crippen molar-refractivity contribution < 1.29 is 23.8 Å². The number of ether oxygens (including phenoxy) is 3. The maximum atomic E-state index is 13.5. The molecular formula is C30H32N4O5. The summed E-state index contributed by atoms with van der Waals surface area (Å²) < 4.78 is 18.1. The van der Waals surface area contributed by atoms with E-state index in [1.54, 1.807) is 24.4 Å². The van der Waals surface area contributed by atoms with Gasteiger partial charge in [-0.2, -0.15) is 0 Å². The first kappa shape index (κ1) is 25.2. The second-order valence-corrected chi connectivity index (χ2v) is 10.4. The molecule has 39 heavy (non-hydrogen) atoms. The van der Waals surface area contributed by atoms with Gasteiger partial charge < -0.3 is 24.8 Å². The number of carbonyl (C=O) groups excluding carboxylic acids is 2. The lowest BCUT2D eigenvalue weighted by molar-refractivity contribution is -0.123. The number of amides is 2. The van der Waals surface area contributed by atoms with Gasteiger partial charge in [0.15, 0.2) is 6.61 Å². The summed E-state index contributed by atoms with van der Waals surface area (Å²) in [5.74, 6) is 1.72. The number of nitrogens with one attached hydrogen (secondary N) is 2. The molecule has 0 unspecified atom stereocenters. The van der Waals surface area contributed by atoms with Crippen molar-refractivity contribution in [3.05, 3.63) is 83.7 Å². The smallest absolute Gasteiger partial charge is 0.258 e. The van der Waals surface area contributed by atoms with Crippen molar-refractivity contribution in [1.29, 1.82) is 0 Å². The molecule has 9 nitrogen and oxygen atoms in total. The second-order valence-electron chi connectivity index (χ2n) is 10.4. The van der Waals surface area contributed by atoms with Gasteiger partial charge in [-0.1, -0.05) is 18.2 Å². The van der Waals surface area contributed by atoms with Crippen molar-refractivity contribution >= 4 is 11.8 Å². The van der Waals surface area contributed by atoms with E-state index in [0.29, 0.717) is 61.5 Å². The van der Waals surface area contributed by atoms with Crippen LogP contribution in [0.2, 0.25) is 0 Å². The lowest BCUT2D eigenvalue weighted by Crippen LogP contribution is -2.45. The first-order valence-corrected chi connectivity index (χ1v) is 13.4. The van der Waals surface area contributed by atoms with Gasteiger partial charge in [0, 0.05) is 44.0 Å². The van der Waals surface area contributed by atoms with Crippen molar-refractivity contribution in [2.75, 3.05) is 26.3 Å². The molecule has 2 amide bonds. The number of fused-ring (bicyclic) bond motifs is 7. The number of nitrogens with zero attached hydrogens (tertiary/aromatic N) is 2. The summed E-state index contributed by atoms with van der Waals surface area (Å²) in [6.45, 7) is 2.73. The minimum atomic E-state index is -0.260. The van der Waals surface area contributed by atoms with Crippen LogP contribution >= 0.6 is 0 Å². The van der Waals surface area contributed by atoms with Crippen molar-refractivity contribution in [1.82, 2.24) is 20.5 Å². The second kappa shape index (κ2) is 11.3. The van der Waals surface area contributed by atoms with Crippen LogP contribution in [0.1, 0.15) is 34.5 Å². The van der Waals surface area contributed by atoms with E-state index in [1.807, 2.05) is 42.5 Å². The summed E-state index contributed by atoms with van der Waals surface area (Å²) in [6, 6.07) is 18.4. The van der Waals surface area contributed by atoms with Gasteiger partial charge in [0.2, 0.25) is 0 Å². The molecule has 4 bridgehead atoms. The highest BCUT2D eigenvalue weighted by atomic mass is 16.5. The van der Waals surface area contributed by atoms with E-state index in [9.17, 15) is 9.59 Å². The fourth-order valence-corrected chi connectivity index (χ4v) is 4.84. The summed E-state index contributed by atoms with van der Waals surface area (Å²) >= 11 is 0. The van der Waals surface area contributed by atoms with Gasteiger partial charge >= 0.3 is 0 Å². The molecule has 1 aromatic heterocycles. The monoisotopic (exact) mass is 528 g/mol. The molecule has 3 aromatic rings. The van der Waals surface area contributed by atoms with Gasteiger partial charge in [-0.3, -0.25) is 19.5 Å². The van der Waals surface area contributed by atoms with Crippen molar-refractivity contribution in [3.8, 4) is 17.2 Å². The summed E-state index contributed by atoms with van der Waals surface area (Å²) in [7, 11) is 0. The number of aromatic nitrogens is 1. The third-order valence-corrected chi connectivity index (χ3v) is 7.17. The molecule has 9 heteroatoms. The quantitative estimate of drug-likeness (QED) is 0.525. The zero-order valence-corrected chi connectivity index (χ0v) is 21.7. The average molecular weight is 529 g/mol. The molecule has 2 fully saturated rings. The molecule has 1 saturated heterocycles. The molecule has 4 aliphatic rings. The molecule has 0 spiro atoms. The third kappa shape index (κ3) is 6.67. The Balaban J connectivity index is 1.26. The maximum absolute atomic E-state index is 13.5. The molecule has 2 aromatic carbocycles. The van der Waals surface area contributed by atoms with E-state index in [0.717, 1.165) is 24.1 Å². The van der Waals surface area contributed by atoms with Crippen LogP contribution in [-0.4, -0.2) is 60.1 Å². The zero-order chi connectivity index (χ0) is 26.6. The summed E-state index contributed by atoms with van der Waals surface area (Å²) in [5.41, 5.74) is 2.33. The van der Waals surface area contributed by atoms with Crippen LogP contribution in [0.3, 0.4) is 0 Å². The van der Waals surface area contributed by atoms with E-state index in [-0.39, 0.29) is 30.6 Å². The SMILES string of the molecule is O=C1COc2cc(OCC3CC3)cc(c2)C(=O)N[C@H]2CN(Cc3ccccn3)C[C@@H]2Oc2ccc(cc2)CN1. The molecule has 3 aliphatic heterocycles. The van der Waals surface area contributed by atoms with Gasteiger partial charge in [-0.05, 0) is 60.7 Å². The molecular weight excluding hydrogens is 496 g/mol. The Morgan fingerprint density at radius 3 is 2.67 bits per heavy atom. The fraction of sp³-hybridized carbons (Fsp3) is 0.367. The van der Waals surface area contributed by atoms with Gasteiger partial charge in [0.1, 0.15) is 23.4 Å². The molecule has 2 atom stereocenters.